The first kappa shape index (κ1) is 9.78. The minimum Gasteiger partial charge on any atom is -0.299 e. The molecule has 58 valence electrons. The number of rotatable bonds is 3. The fraction of sp³-hybridized carbons (Fsp3) is 0.500. The maximum Gasteiger partial charge on any atom is 0.299 e. The number of carbonyl (C=O) groups is 2. The van der Waals surface area contributed by atoms with Crippen molar-refractivity contribution in [2.24, 2.45) is 0 Å². The van der Waals surface area contributed by atoms with Gasteiger partial charge in [0.05, 0.1) is 0 Å². The van der Waals surface area contributed by atoms with Gasteiger partial charge in [-0.25, -0.2) is 8.78 Å². The van der Waals surface area contributed by atoms with Crippen molar-refractivity contribution in [3.8, 4) is 0 Å². The molecule has 0 aromatic rings. The van der Waals surface area contributed by atoms with Gasteiger partial charge in [-0.2, -0.15) is 0 Å². The van der Waals surface area contributed by atoms with E-state index in [0.29, 0.717) is 0 Å². The molecule has 0 aromatic heterocycles. The molecule has 0 aromatic carbocycles. The average Bonchev–Trinajstić information content (AvgIpc) is 1.86. The van der Waals surface area contributed by atoms with Crippen LogP contribution in [-0.4, -0.2) is 22.8 Å². The van der Waals surface area contributed by atoms with Crippen LogP contribution in [0.1, 0.15) is 0 Å². The number of hydrogen-bond donors (Lipinski definition) is 0. The molecule has 0 saturated heterocycles. The number of alkyl halides is 4. The van der Waals surface area contributed by atoms with Gasteiger partial charge in [-0.05, 0) is 0 Å². The second kappa shape index (κ2) is 3.25. The Kier molecular flexibility index (Phi) is 3.18. The fourth-order valence-electron chi connectivity index (χ4n) is 0.204. The quantitative estimate of drug-likeness (QED) is 0.381. The van der Waals surface area contributed by atoms with Crippen LogP contribution in [0.5, 0.6) is 0 Å². The van der Waals surface area contributed by atoms with E-state index >= 15 is 0 Å². The van der Waals surface area contributed by atoms with Crippen molar-refractivity contribution < 1.29 is 18.4 Å². The molecule has 0 saturated carbocycles. The predicted molar refractivity (Wildman–Crippen MR) is 31.5 cm³/mol. The van der Waals surface area contributed by atoms with Gasteiger partial charge in [0.25, 0.3) is 6.43 Å². The van der Waals surface area contributed by atoms with Crippen molar-refractivity contribution in [3.05, 3.63) is 0 Å². The fourth-order valence-corrected chi connectivity index (χ4v) is 0.369. The molecule has 6 heteroatoms. The van der Waals surface area contributed by atoms with Crippen LogP contribution in [-0.2, 0) is 9.59 Å². The number of hydrogen-bond acceptors (Lipinski definition) is 2. The van der Waals surface area contributed by atoms with Crippen molar-refractivity contribution in [1.82, 2.24) is 0 Å². The SMILES string of the molecule is O=CC(Cl)(Cl)C(=O)C(F)F. The number of halogens is 4. The standard InChI is InChI=1S/C4H2Cl2F2O2/c5-4(6,1-9)2(10)3(7)8/h1,3H. The molecular weight excluding hydrogens is 189 g/mol. The summed E-state index contributed by atoms with van der Waals surface area (Å²) in [6.07, 6.45) is -3.56. The summed E-state index contributed by atoms with van der Waals surface area (Å²) in [6.45, 7) is 0. The predicted octanol–water partition coefficient (Wildman–Crippen LogP) is 1.19. The van der Waals surface area contributed by atoms with E-state index in [1.165, 1.54) is 0 Å². The maximum atomic E-state index is 11.4. The highest BCUT2D eigenvalue weighted by Gasteiger charge is 2.39. The minimum absolute atomic E-state index is 0.245. The van der Waals surface area contributed by atoms with Crippen LogP contribution in [0.2, 0.25) is 0 Å². The lowest BCUT2D eigenvalue weighted by Gasteiger charge is -2.07. The van der Waals surface area contributed by atoms with Crippen LogP contribution in [0.25, 0.3) is 0 Å². The second-order valence-corrected chi connectivity index (χ2v) is 2.79. The Morgan fingerprint density at radius 3 is 2.00 bits per heavy atom. The zero-order valence-corrected chi connectivity index (χ0v) is 5.99. The molecule has 0 spiro atoms. The summed E-state index contributed by atoms with van der Waals surface area (Å²) in [5.41, 5.74) is 0. The van der Waals surface area contributed by atoms with Gasteiger partial charge in [0.2, 0.25) is 10.1 Å². The van der Waals surface area contributed by atoms with Crippen LogP contribution >= 0.6 is 23.2 Å². The zero-order valence-electron chi connectivity index (χ0n) is 4.48. The highest BCUT2D eigenvalue weighted by atomic mass is 35.5. The van der Waals surface area contributed by atoms with E-state index in [1.807, 2.05) is 0 Å². The van der Waals surface area contributed by atoms with E-state index in [9.17, 15) is 18.4 Å². The number of carbonyl (C=O) groups excluding carboxylic acids is 2. The third kappa shape index (κ3) is 2.19. The molecule has 0 N–H and O–H groups in total. The van der Waals surface area contributed by atoms with E-state index in [-0.39, 0.29) is 6.29 Å². The van der Waals surface area contributed by atoms with Crippen LogP contribution in [0.15, 0.2) is 0 Å². The lowest BCUT2D eigenvalue weighted by Crippen LogP contribution is -2.33. The molecule has 0 amide bonds. The van der Waals surface area contributed by atoms with E-state index in [4.69, 9.17) is 23.2 Å². The molecule has 0 unspecified atom stereocenters. The Morgan fingerprint density at radius 2 is 1.90 bits per heavy atom. The zero-order chi connectivity index (χ0) is 8.36. The van der Waals surface area contributed by atoms with E-state index < -0.39 is 16.5 Å². The average molecular weight is 191 g/mol. The first-order valence-electron chi connectivity index (χ1n) is 2.08. The summed E-state index contributed by atoms with van der Waals surface area (Å²) < 4.78 is 20.3. The number of ketones is 1. The van der Waals surface area contributed by atoms with Gasteiger partial charge in [-0.15, -0.1) is 0 Å². The molecular formula is C4H2Cl2F2O2. The summed E-state index contributed by atoms with van der Waals surface area (Å²) in [4.78, 5) is 19.9. The Hall–Kier alpha value is -0.220. The first-order chi connectivity index (χ1) is 4.41. The van der Waals surface area contributed by atoms with E-state index in [0.717, 1.165) is 0 Å². The van der Waals surface area contributed by atoms with Crippen LogP contribution < -0.4 is 0 Å². The summed E-state index contributed by atoms with van der Waals surface area (Å²) in [5, 5.41) is 0. The van der Waals surface area contributed by atoms with Crippen molar-refractivity contribution in [3.63, 3.8) is 0 Å². The molecule has 0 aliphatic heterocycles. The summed E-state index contributed by atoms with van der Waals surface area (Å²) >= 11 is 9.67. The van der Waals surface area contributed by atoms with Gasteiger partial charge < -0.3 is 0 Å². The molecule has 10 heavy (non-hydrogen) atoms. The van der Waals surface area contributed by atoms with Gasteiger partial charge in [0.1, 0.15) is 0 Å². The monoisotopic (exact) mass is 190 g/mol. The van der Waals surface area contributed by atoms with Crippen molar-refractivity contribution >= 4 is 35.3 Å². The van der Waals surface area contributed by atoms with Crippen molar-refractivity contribution in [2.75, 3.05) is 0 Å². The highest BCUT2D eigenvalue weighted by molar-refractivity contribution is 6.65. The topological polar surface area (TPSA) is 34.1 Å². The molecule has 0 atom stereocenters. The Balaban J connectivity index is 4.33. The Labute approximate surface area is 65.1 Å². The van der Waals surface area contributed by atoms with Crippen molar-refractivity contribution in [1.29, 1.82) is 0 Å². The molecule has 0 bridgehead atoms. The smallest absolute Gasteiger partial charge is 0.299 e. The molecule has 0 heterocycles. The molecule has 0 rings (SSSR count). The lowest BCUT2D eigenvalue weighted by molar-refractivity contribution is -0.132. The maximum absolute atomic E-state index is 11.4. The Bertz CT molecular complexity index is 157. The molecule has 0 aliphatic carbocycles. The van der Waals surface area contributed by atoms with Crippen LogP contribution in [0, 0.1) is 0 Å². The largest absolute Gasteiger partial charge is 0.299 e. The van der Waals surface area contributed by atoms with Gasteiger partial charge in [0, 0.05) is 0 Å². The second-order valence-electron chi connectivity index (χ2n) is 1.41. The van der Waals surface area contributed by atoms with Gasteiger partial charge in [-0.1, -0.05) is 23.2 Å². The van der Waals surface area contributed by atoms with Crippen molar-refractivity contribution in [2.45, 2.75) is 10.8 Å². The van der Waals surface area contributed by atoms with Crippen LogP contribution in [0.4, 0.5) is 8.78 Å². The first-order valence-corrected chi connectivity index (χ1v) is 2.84. The molecule has 0 aliphatic rings. The lowest BCUT2D eigenvalue weighted by atomic mass is 10.3. The van der Waals surface area contributed by atoms with Gasteiger partial charge >= 0.3 is 0 Å². The van der Waals surface area contributed by atoms with Gasteiger partial charge in [-0.3, -0.25) is 9.59 Å². The van der Waals surface area contributed by atoms with Gasteiger partial charge in [0.15, 0.2) is 6.29 Å². The molecule has 0 radical (unpaired) electrons. The Morgan fingerprint density at radius 1 is 1.50 bits per heavy atom. The van der Waals surface area contributed by atoms with E-state index in [1.54, 1.807) is 0 Å². The third-order valence-electron chi connectivity index (χ3n) is 0.675. The molecule has 2 nitrogen and oxygen atoms in total. The number of Topliss-reactive ketones (excluding diaryl/α,β-unsaturated/α-hetero) is 1. The summed E-state index contributed by atoms with van der Waals surface area (Å²) in [7, 11) is 0. The normalized spacial score (nSPS) is 11.7. The summed E-state index contributed by atoms with van der Waals surface area (Å²) in [6, 6.07) is 0. The minimum atomic E-state index is -3.32. The summed E-state index contributed by atoms with van der Waals surface area (Å²) in [5.74, 6) is -1.80. The highest BCUT2D eigenvalue weighted by Crippen LogP contribution is 2.22. The molecule has 0 fully saturated rings. The third-order valence-corrected chi connectivity index (χ3v) is 1.23. The number of aldehydes is 1. The van der Waals surface area contributed by atoms with E-state index in [2.05, 4.69) is 0 Å². The van der Waals surface area contributed by atoms with Crippen LogP contribution in [0.3, 0.4) is 0 Å².